The summed E-state index contributed by atoms with van der Waals surface area (Å²) in [5, 5.41) is 3.00. The van der Waals surface area contributed by atoms with E-state index >= 15 is 0 Å². The Morgan fingerprint density at radius 1 is 0.628 bits per heavy atom. The predicted molar refractivity (Wildman–Crippen MR) is 169 cm³/mol. The van der Waals surface area contributed by atoms with E-state index in [0.29, 0.717) is 6.61 Å². The zero-order valence-corrected chi connectivity index (χ0v) is 24.2. The number of hydrogen-bond acceptors (Lipinski definition) is 4. The summed E-state index contributed by atoms with van der Waals surface area (Å²) in [6, 6.07) is 46.8. The normalized spacial score (nSPS) is 11.7. The smallest absolute Gasteiger partial charge is 0.328 e. The molecule has 5 heteroatoms. The lowest BCUT2D eigenvalue weighted by atomic mass is 9.67. The van der Waals surface area contributed by atoms with Crippen molar-refractivity contribution in [1.82, 2.24) is 5.32 Å². The summed E-state index contributed by atoms with van der Waals surface area (Å²) in [5.41, 5.74) is 4.15. The van der Waals surface area contributed by atoms with Crippen molar-refractivity contribution in [2.24, 2.45) is 0 Å². The van der Waals surface area contributed by atoms with Gasteiger partial charge in [0.25, 0.3) is 0 Å². The summed E-state index contributed by atoms with van der Waals surface area (Å²) in [6.07, 6.45) is 0.386. The van der Waals surface area contributed by atoms with Crippen LogP contribution in [0.2, 0.25) is 0 Å². The Kier molecular flexibility index (Phi) is 9.65. The number of esters is 1. The first-order chi connectivity index (χ1) is 21.1. The number of nitrogens with one attached hydrogen (secondary N) is 1. The lowest BCUT2D eigenvalue weighted by Crippen LogP contribution is -2.46. The van der Waals surface area contributed by atoms with Crippen molar-refractivity contribution in [3.8, 4) is 5.75 Å². The van der Waals surface area contributed by atoms with Crippen molar-refractivity contribution in [1.29, 1.82) is 0 Å². The van der Waals surface area contributed by atoms with Crippen LogP contribution in [-0.2, 0) is 32.8 Å². The first-order valence-electron chi connectivity index (χ1n) is 14.4. The largest absolute Gasteiger partial charge is 0.489 e. The van der Waals surface area contributed by atoms with Gasteiger partial charge in [0.2, 0.25) is 5.91 Å². The minimum absolute atomic E-state index is 0.102. The van der Waals surface area contributed by atoms with Crippen LogP contribution in [0.3, 0.4) is 0 Å². The molecule has 0 aliphatic heterocycles. The van der Waals surface area contributed by atoms with Crippen LogP contribution in [0.5, 0.6) is 5.75 Å². The topological polar surface area (TPSA) is 64.6 Å². The van der Waals surface area contributed by atoms with Crippen LogP contribution < -0.4 is 10.1 Å². The monoisotopic (exact) mass is 569 g/mol. The van der Waals surface area contributed by atoms with Gasteiger partial charge in [-0.2, -0.15) is 0 Å². The van der Waals surface area contributed by atoms with Crippen LogP contribution in [0.25, 0.3) is 0 Å². The molecule has 0 bridgehead atoms. The number of methoxy groups -OCH3 is 1. The molecule has 0 fully saturated rings. The van der Waals surface area contributed by atoms with E-state index in [1.54, 1.807) is 0 Å². The quantitative estimate of drug-likeness (QED) is 0.131. The zero-order valence-electron chi connectivity index (χ0n) is 24.2. The van der Waals surface area contributed by atoms with Gasteiger partial charge in [-0.15, -0.1) is 0 Å². The maximum absolute atomic E-state index is 13.9. The molecule has 1 N–H and O–H groups in total. The Balaban J connectivity index is 1.38. The van der Waals surface area contributed by atoms with Crippen LogP contribution >= 0.6 is 0 Å². The fourth-order valence-electron chi connectivity index (χ4n) is 5.49. The molecule has 5 aromatic rings. The molecular weight excluding hydrogens is 534 g/mol. The molecule has 0 spiro atoms. The average Bonchev–Trinajstić information content (AvgIpc) is 3.08. The van der Waals surface area contributed by atoms with E-state index in [1.807, 2.05) is 146 Å². The second-order valence-corrected chi connectivity index (χ2v) is 10.4. The summed E-state index contributed by atoms with van der Waals surface area (Å²) < 4.78 is 11.0. The van der Waals surface area contributed by atoms with Crippen LogP contribution in [-0.4, -0.2) is 25.0 Å². The summed E-state index contributed by atoms with van der Waals surface area (Å²) >= 11 is 0. The van der Waals surface area contributed by atoms with Gasteiger partial charge in [0, 0.05) is 12.8 Å². The van der Waals surface area contributed by atoms with Gasteiger partial charge in [0.05, 0.1) is 12.5 Å². The summed E-state index contributed by atoms with van der Waals surface area (Å²) in [7, 11) is 1.34. The van der Waals surface area contributed by atoms with Crippen LogP contribution in [0, 0.1) is 0 Å². The van der Waals surface area contributed by atoms with Gasteiger partial charge in [-0.25, -0.2) is 4.79 Å². The molecule has 5 aromatic carbocycles. The van der Waals surface area contributed by atoms with E-state index in [9.17, 15) is 9.59 Å². The van der Waals surface area contributed by atoms with Gasteiger partial charge in [0.15, 0.2) is 0 Å². The van der Waals surface area contributed by atoms with Crippen LogP contribution in [0.4, 0.5) is 0 Å². The third-order valence-corrected chi connectivity index (χ3v) is 7.66. The second kappa shape index (κ2) is 14.1. The van der Waals surface area contributed by atoms with Gasteiger partial charge in [-0.1, -0.05) is 133 Å². The number of benzene rings is 5. The Morgan fingerprint density at radius 2 is 1.09 bits per heavy atom. The molecule has 0 aliphatic carbocycles. The van der Waals surface area contributed by atoms with E-state index in [0.717, 1.165) is 33.6 Å². The summed E-state index contributed by atoms with van der Waals surface area (Å²) in [6.45, 7) is 0.465. The van der Waals surface area contributed by atoms with Crippen molar-refractivity contribution in [2.75, 3.05) is 7.11 Å². The highest BCUT2D eigenvalue weighted by atomic mass is 16.5. The lowest BCUT2D eigenvalue weighted by Gasteiger charge is -2.36. The number of carbonyl (C=O) groups excluding carboxylic acids is 2. The minimum atomic E-state index is -0.853. The summed E-state index contributed by atoms with van der Waals surface area (Å²) in [4.78, 5) is 26.8. The molecule has 0 radical (unpaired) electrons. The third kappa shape index (κ3) is 7.19. The third-order valence-electron chi connectivity index (χ3n) is 7.66. The van der Waals surface area contributed by atoms with Crippen molar-refractivity contribution < 1.29 is 19.1 Å². The van der Waals surface area contributed by atoms with E-state index in [2.05, 4.69) is 5.32 Å². The zero-order chi connectivity index (χ0) is 29.9. The Bertz CT molecular complexity index is 1490. The number of amides is 1. The summed E-state index contributed by atoms with van der Waals surface area (Å²) in [5.74, 6) is -0.0260. The van der Waals surface area contributed by atoms with Crippen molar-refractivity contribution in [2.45, 2.75) is 30.9 Å². The molecule has 0 saturated heterocycles. The average molecular weight is 570 g/mol. The standard InChI is InChI=1S/C38H35NO4/c1-42-37(41)35(26-29-22-24-34(25-23-29)43-28-30-14-6-2-7-15-30)39-36(40)27-38(31-16-8-3-9-17-31,32-18-10-4-11-19-32)33-20-12-5-13-21-33/h2-25,35H,26-28H2,1H3,(H,39,40)/t35-/m1/s1. The van der Waals surface area contributed by atoms with Gasteiger partial charge < -0.3 is 14.8 Å². The van der Waals surface area contributed by atoms with Crippen molar-refractivity contribution >= 4 is 11.9 Å². The molecule has 0 aromatic heterocycles. The molecule has 0 unspecified atom stereocenters. The fourth-order valence-corrected chi connectivity index (χ4v) is 5.49. The second-order valence-electron chi connectivity index (χ2n) is 10.4. The highest BCUT2D eigenvalue weighted by Crippen LogP contribution is 2.42. The number of rotatable bonds is 12. The van der Waals surface area contributed by atoms with Gasteiger partial charge >= 0.3 is 5.97 Å². The molecule has 0 saturated carbocycles. The van der Waals surface area contributed by atoms with Crippen LogP contribution in [0.1, 0.15) is 34.2 Å². The number of ether oxygens (including phenoxy) is 2. The molecule has 0 aliphatic rings. The van der Waals surface area contributed by atoms with Crippen molar-refractivity contribution in [3.05, 3.63) is 173 Å². The van der Waals surface area contributed by atoms with E-state index < -0.39 is 17.4 Å². The SMILES string of the molecule is COC(=O)[C@@H](Cc1ccc(OCc2ccccc2)cc1)NC(=O)CC(c1ccccc1)(c1ccccc1)c1ccccc1. The maximum atomic E-state index is 13.9. The van der Waals surface area contributed by atoms with E-state index in [1.165, 1.54) is 7.11 Å². The Morgan fingerprint density at radius 3 is 1.56 bits per heavy atom. The van der Waals surface area contributed by atoms with Gasteiger partial charge in [0.1, 0.15) is 18.4 Å². The molecule has 1 atom stereocenters. The first kappa shape index (κ1) is 29.3. The number of hydrogen-bond donors (Lipinski definition) is 1. The minimum Gasteiger partial charge on any atom is -0.489 e. The van der Waals surface area contributed by atoms with Crippen molar-refractivity contribution in [3.63, 3.8) is 0 Å². The van der Waals surface area contributed by atoms with E-state index in [4.69, 9.17) is 9.47 Å². The lowest BCUT2D eigenvalue weighted by molar-refractivity contribution is -0.145. The highest BCUT2D eigenvalue weighted by molar-refractivity contribution is 5.86. The highest BCUT2D eigenvalue weighted by Gasteiger charge is 2.39. The fraction of sp³-hybridized carbons (Fsp3) is 0.158. The molecule has 0 heterocycles. The first-order valence-corrected chi connectivity index (χ1v) is 14.4. The van der Waals surface area contributed by atoms with Crippen LogP contribution in [0.15, 0.2) is 146 Å². The molecule has 43 heavy (non-hydrogen) atoms. The van der Waals surface area contributed by atoms with Gasteiger partial charge in [-0.05, 0) is 39.9 Å². The molecular formula is C38H35NO4. The van der Waals surface area contributed by atoms with E-state index in [-0.39, 0.29) is 18.7 Å². The van der Waals surface area contributed by atoms with Gasteiger partial charge in [-0.3, -0.25) is 4.79 Å². The number of carbonyl (C=O) groups is 2. The maximum Gasteiger partial charge on any atom is 0.328 e. The molecule has 5 nitrogen and oxygen atoms in total. The molecule has 216 valence electrons. The predicted octanol–water partition coefficient (Wildman–Crippen LogP) is 6.89. The Labute approximate surface area is 253 Å². The molecule has 1 amide bonds. The Hall–Kier alpha value is -5.16. The molecule has 5 rings (SSSR count).